The molecule has 0 saturated heterocycles. The van der Waals surface area contributed by atoms with E-state index in [0.29, 0.717) is 12.1 Å². The van der Waals surface area contributed by atoms with Gasteiger partial charge in [0.2, 0.25) is 0 Å². The molecule has 1 aromatic rings. The number of nitrogens with zero attached hydrogens (tertiary/aromatic N) is 1. The minimum absolute atomic E-state index is 0.0154. The molecule has 2 rings (SSSR count). The fourth-order valence-corrected chi connectivity index (χ4v) is 1.94. The van der Waals surface area contributed by atoms with Gasteiger partial charge in [-0.05, 0) is 25.0 Å². The van der Waals surface area contributed by atoms with Crippen LogP contribution in [0.2, 0.25) is 0 Å². The summed E-state index contributed by atoms with van der Waals surface area (Å²) in [6.45, 7) is 1.98. The Labute approximate surface area is 90.2 Å². The van der Waals surface area contributed by atoms with Crippen molar-refractivity contribution in [1.82, 2.24) is 9.88 Å². The highest BCUT2D eigenvalue weighted by molar-refractivity contribution is 5.82. The van der Waals surface area contributed by atoms with Crippen molar-refractivity contribution in [2.24, 2.45) is 0 Å². The van der Waals surface area contributed by atoms with Gasteiger partial charge in [-0.1, -0.05) is 0 Å². The molecule has 2 heterocycles. The first-order chi connectivity index (χ1) is 7.38. The molecule has 3 nitrogen and oxygen atoms in total. The third-order valence-corrected chi connectivity index (χ3v) is 2.66. The zero-order valence-electron chi connectivity index (χ0n) is 8.69. The van der Waals surface area contributed by atoms with E-state index in [4.69, 9.17) is 0 Å². The second-order valence-electron chi connectivity index (χ2n) is 3.93. The first-order valence-electron chi connectivity index (χ1n) is 4.91. The molecule has 0 aromatic carbocycles. The third-order valence-electron chi connectivity index (χ3n) is 2.66. The topological polar surface area (TPSA) is 36.1 Å². The lowest BCUT2D eigenvalue weighted by molar-refractivity contribution is -0.186. The summed E-state index contributed by atoms with van der Waals surface area (Å²) in [7, 11) is 0. The molecule has 88 valence electrons. The lowest BCUT2D eigenvalue weighted by Gasteiger charge is -2.27. The molecule has 0 radical (unpaired) electrons. The molecule has 6 heteroatoms. The van der Waals surface area contributed by atoms with Crippen LogP contribution in [0.25, 0.3) is 0 Å². The second-order valence-corrected chi connectivity index (χ2v) is 3.93. The quantitative estimate of drug-likeness (QED) is 0.727. The molecule has 1 aromatic heterocycles. The highest BCUT2D eigenvalue weighted by Crippen LogP contribution is 2.24. The average Bonchev–Trinajstić information content (AvgIpc) is 2.54. The highest BCUT2D eigenvalue weighted by Gasteiger charge is 2.43. The Morgan fingerprint density at radius 3 is 2.81 bits per heavy atom. The Kier molecular flexibility index (Phi) is 2.44. The molecule has 1 N–H and O–H groups in total. The summed E-state index contributed by atoms with van der Waals surface area (Å²) in [5.74, 6) is -1.76. The summed E-state index contributed by atoms with van der Waals surface area (Å²) in [5.41, 5.74) is 2.62. The van der Waals surface area contributed by atoms with Crippen LogP contribution in [-0.4, -0.2) is 28.5 Å². The smallest absolute Gasteiger partial charge is 0.361 e. The maximum atomic E-state index is 12.2. The van der Waals surface area contributed by atoms with E-state index in [0.717, 1.165) is 16.2 Å². The maximum absolute atomic E-state index is 12.2. The van der Waals surface area contributed by atoms with Crippen LogP contribution in [0.3, 0.4) is 0 Å². The van der Waals surface area contributed by atoms with Crippen molar-refractivity contribution in [1.29, 1.82) is 0 Å². The van der Waals surface area contributed by atoms with Gasteiger partial charge < -0.3 is 9.88 Å². The monoisotopic (exact) mass is 232 g/mol. The molecule has 1 aliphatic rings. The first-order valence-corrected chi connectivity index (χ1v) is 4.91. The van der Waals surface area contributed by atoms with Crippen molar-refractivity contribution in [2.45, 2.75) is 26.1 Å². The van der Waals surface area contributed by atoms with Crippen molar-refractivity contribution in [2.75, 3.05) is 6.54 Å². The molecular formula is C10H11F3N2O. The summed E-state index contributed by atoms with van der Waals surface area (Å²) in [6, 6.07) is 1.91. The lowest BCUT2D eigenvalue weighted by Crippen LogP contribution is -2.43. The zero-order chi connectivity index (χ0) is 11.9. The van der Waals surface area contributed by atoms with Gasteiger partial charge in [0.05, 0.1) is 6.54 Å². The van der Waals surface area contributed by atoms with Crippen LogP contribution in [0, 0.1) is 6.92 Å². The van der Waals surface area contributed by atoms with Crippen LogP contribution in [0.1, 0.15) is 17.0 Å². The third kappa shape index (κ3) is 1.91. The van der Waals surface area contributed by atoms with Crippen LogP contribution in [0.15, 0.2) is 6.07 Å². The van der Waals surface area contributed by atoms with Gasteiger partial charge in [0.25, 0.3) is 0 Å². The van der Waals surface area contributed by atoms with Crippen LogP contribution in [0.5, 0.6) is 0 Å². The number of carbonyl (C=O) groups is 1. The number of alkyl halides is 3. The molecule has 1 amide bonds. The Bertz CT molecular complexity index is 422. The highest BCUT2D eigenvalue weighted by atomic mass is 19.4. The number of fused-ring (bicyclic) bond motifs is 1. The number of rotatable bonds is 0. The fourth-order valence-electron chi connectivity index (χ4n) is 1.94. The minimum atomic E-state index is -4.78. The van der Waals surface area contributed by atoms with Gasteiger partial charge in [0.15, 0.2) is 0 Å². The number of carbonyl (C=O) groups excluding carboxylic acids is 1. The Morgan fingerprint density at radius 2 is 2.19 bits per heavy atom. The van der Waals surface area contributed by atoms with Gasteiger partial charge in [0.1, 0.15) is 0 Å². The van der Waals surface area contributed by atoms with Crippen molar-refractivity contribution >= 4 is 5.91 Å². The van der Waals surface area contributed by atoms with Gasteiger partial charge in [-0.3, -0.25) is 4.79 Å². The number of aromatic amines is 1. The van der Waals surface area contributed by atoms with Crippen LogP contribution in [-0.2, 0) is 17.8 Å². The van der Waals surface area contributed by atoms with Gasteiger partial charge in [-0.15, -0.1) is 0 Å². The predicted octanol–water partition coefficient (Wildman–Crippen LogP) is 1.77. The lowest BCUT2D eigenvalue weighted by atomic mass is 10.1. The van der Waals surface area contributed by atoms with E-state index in [1.165, 1.54) is 0 Å². The number of aryl methyl sites for hydroxylation is 1. The van der Waals surface area contributed by atoms with Crippen LogP contribution >= 0.6 is 0 Å². The number of hydrogen-bond acceptors (Lipinski definition) is 1. The summed E-state index contributed by atoms with van der Waals surface area (Å²) in [5, 5.41) is 0. The zero-order valence-corrected chi connectivity index (χ0v) is 8.69. The van der Waals surface area contributed by atoms with E-state index in [1.807, 2.05) is 13.0 Å². The molecule has 0 aliphatic carbocycles. The van der Waals surface area contributed by atoms with Crippen molar-refractivity contribution in [3.8, 4) is 0 Å². The molecule has 0 atom stereocenters. The van der Waals surface area contributed by atoms with Crippen molar-refractivity contribution in [3.63, 3.8) is 0 Å². The van der Waals surface area contributed by atoms with Gasteiger partial charge in [-0.2, -0.15) is 13.2 Å². The van der Waals surface area contributed by atoms with Gasteiger partial charge in [-0.25, -0.2) is 0 Å². The summed E-state index contributed by atoms with van der Waals surface area (Å²) < 4.78 is 36.6. The molecule has 0 saturated carbocycles. The maximum Gasteiger partial charge on any atom is 0.471 e. The van der Waals surface area contributed by atoms with E-state index >= 15 is 0 Å². The van der Waals surface area contributed by atoms with Crippen LogP contribution < -0.4 is 0 Å². The second kappa shape index (κ2) is 3.54. The Hall–Kier alpha value is -1.46. The summed E-state index contributed by atoms with van der Waals surface area (Å²) >= 11 is 0. The minimum Gasteiger partial charge on any atom is -0.361 e. The van der Waals surface area contributed by atoms with Gasteiger partial charge in [0, 0.05) is 17.9 Å². The predicted molar refractivity (Wildman–Crippen MR) is 50.7 cm³/mol. The van der Waals surface area contributed by atoms with Crippen molar-refractivity contribution in [3.05, 3.63) is 23.0 Å². The molecule has 0 spiro atoms. The number of hydrogen-bond donors (Lipinski definition) is 1. The van der Waals surface area contributed by atoms with Crippen molar-refractivity contribution < 1.29 is 18.0 Å². The fraction of sp³-hybridized carbons (Fsp3) is 0.500. The van der Waals surface area contributed by atoms with Crippen LogP contribution in [0.4, 0.5) is 13.2 Å². The molecule has 0 bridgehead atoms. The van der Waals surface area contributed by atoms with E-state index in [9.17, 15) is 18.0 Å². The SMILES string of the molecule is Cc1cc2c([nH]1)CN(C(=O)C(F)(F)F)CC2. The Balaban J connectivity index is 2.17. The van der Waals surface area contributed by atoms with E-state index < -0.39 is 12.1 Å². The number of nitrogens with one attached hydrogen (secondary N) is 1. The molecular weight excluding hydrogens is 221 g/mol. The molecule has 0 unspecified atom stereocenters. The normalized spacial score (nSPS) is 16.1. The summed E-state index contributed by atoms with van der Waals surface area (Å²) in [6.07, 6.45) is -4.30. The van der Waals surface area contributed by atoms with E-state index in [2.05, 4.69) is 4.98 Å². The van der Waals surface area contributed by atoms with E-state index in [-0.39, 0.29) is 13.1 Å². The first kappa shape index (κ1) is 11.0. The summed E-state index contributed by atoms with van der Waals surface area (Å²) in [4.78, 5) is 14.8. The molecule has 0 fully saturated rings. The largest absolute Gasteiger partial charge is 0.471 e. The number of halogens is 3. The Morgan fingerprint density at radius 1 is 1.50 bits per heavy atom. The average molecular weight is 232 g/mol. The number of aromatic nitrogens is 1. The number of H-pyrrole nitrogens is 1. The van der Waals surface area contributed by atoms with E-state index in [1.54, 1.807) is 0 Å². The standard InChI is InChI=1S/C10H11F3N2O/c1-6-4-7-2-3-15(5-8(7)14-6)9(16)10(11,12)13/h4,14H,2-3,5H2,1H3. The van der Waals surface area contributed by atoms with Gasteiger partial charge >= 0.3 is 12.1 Å². The molecule has 16 heavy (non-hydrogen) atoms. The molecule has 1 aliphatic heterocycles. The number of amides is 1.